The first kappa shape index (κ1) is 14.2. The average Bonchev–Trinajstić information content (AvgIpc) is 3.24. The van der Waals surface area contributed by atoms with Crippen LogP contribution in [0.25, 0.3) is 0 Å². The van der Waals surface area contributed by atoms with Crippen LogP contribution in [0.15, 0.2) is 42.7 Å². The van der Waals surface area contributed by atoms with Crippen molar-refractivity contribution >= 4 is 17.3 Å². The van der Waals surface area contributed by atoms with Gasteiger partial charge in [0.2, 0.25) is 0 Å². The Bertz CT molecular complexity index is 722. The fourth-order valence-electron chi connectivity index (χ4n) is 3.65. The van der Waals surface area contributed by atoms with Crippen molar-refractivity contribution in [2.45, 2.75) is 38.1 Å². The van der Waals surface area contributed by atoms with Gasteiger partial charge in [-0.2, -0.15) is 0 Å². The van der Waals surface area contributed by atoms with Crippen LogP contribution in [0, 0.1) is 0 Å². The third kappa shape index (κ3) is 2.81. The molecule has 2 aromatic rings. The number of nitrogens with one attached hydrogen (secondary N) is 1. The van der Waals surface area contributed by atoms with Crippen LogP contribution in [0.2, 0.25) is 0 Å². The summed E-state index contributed by atoms with van der Waals surface area (Å²) in [5, 5.41) is 3.51. The highest BCUT2D eigenvalue weighted by Gasteiger charge is 2.25. The SMILES string of the molecule is O=C(c1cncc(NC2CCCC2)c1)N1CCc2ccccc21. The molecule has 1 fully saturated rings. The molecule has 1 saturated carbocycles. The molecule has 0 atom stereocenters. The van der Waals surface area contributed by atoms with Crippen molar-refractivity contribution < 1.29 is 4.79 Å². The zero-order chi connectivity index (χ0) is 15.6. The first-order valence-corrected chi connectivity index (χ1v) is 8.42. The Balaban J connectivity index is 1.55. The fraction of sp³-hybridized carbons (Fsp3) is 0.368. The van der Waals surface area contributed by atoms with Crippen LogP contribution in [0.4, 0.5) is 11.4 Å². The number of carbonyl (C=O) groups is 1. The Labute approximate surface area is 136 Å². The van der Waals surface area contributed by atoms with Crippen molar-refractivity contribution in [2.24, 2.45) is 0 Å². The van der Waals surface area contributed by atoms with Crippen LogP contribution in [0.1, 0.15) is 41.6 Å². The minimum Gasteiger partial charge on any atom is -0.381 e. The van der Waals surface area contributed by atoms with Crippen molar-refractivity contribution in [2.75, 3.05) is 16.8 Å². The van der Waals surface area contributed by atoms with E-state index < -0.39 is 0 Å². The van der Waals surface area contributed by atoms with Crippen molar-refractivity contribution in [3.8, 4) is 0 Å². The van der Waals surface area contributed by atoms with Crippen molar-refractivity contribution in [3.05, 3.63) is 53.9 Å². The molecule has 0 unspecified atom stereocenters. The number of para-hydroxylation sites is 1. The quantitative estimate of drug-likeness (QED) is 0.941. The number of anilines is 2. The Hall–Kier alpha value is -2.36. The lowest BCUT2D eigenvalue weighted by Gasteiger charge is -2.18. The van der Waals surface area contributed by atoms with Gasteiger partial charge in [0, 0.05) is 30.7 Å². The van der Waals surface area contributed by atoms with E-state index in [9.17, 15) is 4.79 Å². The van der Waals surface area contributed by atoms with Gasteiger partial charge in [-0.3, -0.25) is 9.78 Å². The normalized spacial score (nSPS) is 17.3. The van der Waals surface area contributed by atoms with E-state index in [1.165, 1.54) is 31.2 Å². The van der Waals surface area contributed by atoms with Crippen LogP contribution in [-0.2, 0) is 6.42 Å². The van der Waals surface area contributed by atoms with Gasteiger partial charge >= 0.3 is 0 Å². The molecule has 0 saturated heterocycles. The lowest BCUT2D eigenvalue weighted by molar-refractivity contribution is 0.0989. The highest BCUT2D eigenvalue weighted by Crippen LogP contribution is 2.29. The third-order valence-electron chi connectivity index (χ3n) is 4.84. The van der Waals surface area contributed by atoms with E-state index in [0.29, 0.717) is 11.6 Å². The molecular formula is C19H21N3O. The number of aromatic nitrogens is 1. The second-order valence-corrected chi connectivity index (χ2v) is 6.42. The molecule has 118 valence electrons. The van der Waals surface area contributed by atoms with Crippen LogP contribution >= 0.6 is 0 Å². The minimum atomic E-state index is 0.0394. The Morgan fingerprint density at radius 3 is 2.87 bits per heavy atom. The summed E-state index contributed by atoms with van der Waals surface area (Å²) in [4.78, 5) is 19.0. The molecular weight excluding hydrogens is 286 g/mol. The number of amides is 1. The van der Waals surface area contributed by atoms with Gasteiger partial charge in [0.05, 0.1) is 11.3 Å². The van der Waals surface area contributed by atoms with Crippen molar-refractivity contribution in [1.29, 1.82) is 0 Å². The maximum Gasteiger partial charge on any atom is 0.259 e. The van der Waals surface area contributed by atoms with Gasteiger partial charge in [-0.15, -0.1) is 0 Å². The first-order chi connectivity index (χ1) is 11.3. The van der Waals surface area contributed by atoms with E-state index in [1.54, 1.807) is 6.20 Å². The van der Waals surface area contributed by atoms with Gasteiger partial charge in [0.15, 0.2) is 0 Å². The predicted molar refractivity (Wildman–Crippen MR) is 91.9 cm³/mol. The second-order valence-electron chi connectivity index (χ2n) is 6.42. The van der Waals surface area contributed by atoms with Crippen LogP contribution in [0.3, 0.4) is 0 Å². The molecule has 1 aliphatic heterocycles. The summed E-state index contributed by atoms with van der Waals surface area (Å²) in [6, 6.07) is 10.6. The van der Waals surface area contributed by atoms with E-state index in [-0.39, 0.29) is 5.91 Å². The van der Waals surface area contributed by atoms with E-state index in [2.05, 4.69) is 16.4 Å². The minimum absolute atomic E-state index is 0.0394. The number of fused-ring (bicyclic) bond motifs is 1. The summed E-state index contributed by atoms with van der Waals surface area (Å²) in [6.45, 7) is 0.748. The van der Waals surface area contributed by atoms with Gasteiger partial charge in [0.25, 0.3) is 5.91 Å². The second kappa shape index (κ2) is 6.03. The molecule has 0 radical (unpaired) electrons. The number of carbonyl (C=O) groups excluding carboxylic acids is 1. The van der Waals surface area contributed by atoms with Gasteiger partial charge < -0.3 is 10.2 Å². The molecule has 4 rings (SSSR count). The van der Waals surface area contributed by atoms with Gasteiger partial charge in [-0.25, -0.2) is 0 Å². The standard InChI is InChI=1S/C19H21N3O/c23-19(22-10-9-14-5-1-4-8-18(14)22)15-11-17(13-20-12-15)21-16-6-2-3-7-16/h1,4-5,8,11-13,16,21H,2-3,6-7,9-10H2. The monoisotopic (exact) mass is 307 g/mol. The van der Waals surface area contributed by atoms with Crippen molar-refractivity contribution in [1.82, 2.24) is 4.98 Å². The molecule has 1 aromatic heterocycles. The summed E-state index contributed by atoms with van der Waals surface area (Å²) in [5.74, 6) is 0.0394. The number of pyridine rings is 1. The summed E-state index contributed by atoms with van der Waals surface area (Å²) >= 11 is 0. The highest BCUT2D eigenvalue weighted by molar-refractivity contribution is 6.07. The molecule has 0 spiro atoms. The first-order valence-electron chi connectivity index (χ1n) is 8.42. The molecule has 2 aliphatic rings. The van der Waals surface area contributed by atoms with Gasteiger partial charge in [-0.1, -0.05) is 31.0 Å². The smallest absolute Gasteiger partial charge is 0.259 e. The lowest BCUT2D eigenvalue weighted by Crippen LogP contribution is -2.29. The number of hydrogen-bond acceptors (Lipinski definition) is 3. The lowest BCUT2D eigenvalue weighted by atomic mass is 10.1. The summed E-state index contributed by atoms with van der Waals surface area (Å²) < 4.78 is 0. The van der Waals surface area contributed by atoms with E-state index in [0.717, 1.165) is 24.3 Å². The number of benzene rings is 1. The average molecular weight is 307 g/mol. The number of rotatable bonds is 3. The Morgan fingerprint density at radius 2 is 2.00 bits per heavy atom. The zero-order valence-corrected chi connectivity index (χ0v) is 13.2. The Kier molecular flexibility index (Phi) is 3.74. The Morgan fingerprint density at radius 1 is 1.17 bits per heavy atom. The maximum absolute atomic E-state index is 12.9. The largest absolute Gasteiger partial charge is 0.381 e. The molecule has 1 N–H and O–H groups in total. The predicted octanol–water partition coefficient (Wildman–Crippen LogP) is 3.64. The molecule has 23 heavy (non-hydrogen) atoms. The fourth-order valence-corrected chi connectivity index (χ4v) is 3.65. The summed E-state index contributed by atoms with van der Waals surface area (Å²) in [6.07, 6.45) is 9.39. The van der Waals surface area contributed by atoms with Crippen molar-refractivity contribution in [3.63, 3.8) is 0 Å². The van der Waals surface area contributed by atoms with Crippen LogP contribution < -0.4 is 10.2 Å². The molecule has 1 amide bonds. The molecule has 2 heterocycles. The van der Waals surface area contributed by atoms with Gasteiger partial charge in [0.1, 0.15) is 0 Å². The van der Waals surface area contributed by atoms with Gasteiger partial charge in [-0.05, 0) is 37.0 Å². The number of nitrogens with zero attached hydrogens (tertiary/aromatic N) is 2. The molecule has 4 nitrogen and oxygen atoms in total. The molecule has 0 bridgehead atoms. The third-order valence-corrected chi connectivity index (χ3v) is 4.84. The maximum atomic E-state index is 12.9. The summed E-state index contributed by atoms with van der Waals surface area (Å²) in [5.41, 5.74) is 3.89. The molecule has 4 heteroatoms. The van der Waals surface area contributed by atoms with E-state index in [4.69, 9.17) is 0 Å². The summed E-state index contributed by atoms with van der Waals surface area (Å²) in [7, 11) is 0. The molecule has 1 aliphatic carbocycles. The number of hydrogen-bond donors (Lipinski definition) is 1. The van der Waals surface area contributed by atoms with E-state index in [1.807, 2.05) is 35.4 Å². The highest BCUT2D eigenvalue weighted by atomic mass is 16.2. The van der Waals surface area contributed by atoms with Crippen LogP contribution in [-0.4, -0.2) is 23.5 Å². The zero-order valence-electron chi connectivity index (χ0n) is 13.2. The van der Waals surface area contributed by atoms with E-state index >= 15 is 0 Å². The van der Waals surface area contributed by atoms with Crippen LogP contribution in [0.5, 0.6) is 0 Å². The topological polar surface area (TPSA) is 45.2 Å². The molecule has 1 aromatic carbocycles.